The molecule has 3 nitrogen and oxygen atoms in total. The Morgan fingerprint density at radius 2 is 1.88 bits per heavy atom. The number of rotatable bonds is 1. The summed E-state index contributed by atoms with van der Waals surface area (Å²) in [4.78, 5) is 24.1. The third-order valence-corrected chi connectivity index (χ3v) is 8.90. The van der Waals surface area contributed by atoms with Gasteiger partial charge < -0.3 is 5.11 Å². The normalized spacial score (nSPS) is 53.9. The molecule has 0 aromatic carbocycles. The molecule has 4 fully saturated rings. The highest BCUT2D eigenvalue weighted by Crippen LogP contribution is 2.67. The Bertz CT molecular complexity index is 569. The van der Waals surface area contributed by atoms with Gasteiger partial charge in [-0.1, -0.05) is 13.8 Å². The van der Waals surface area contributed by atoms with E-state index in [9.17, 15) is 14.7 Å². The van der Waals surface area contributed by atoms with Crippen molar-refractivity contribution < 1.29 is 14.7 Å². The number of Topliss-reactive ketones (excluding diaryl/α,β-unsaturated/α-hetero) is 2. The van der Waals surface area contributed by atoms with Crippen molar-refractivity contribution >= 4 is 11.6 Å². The van der Waals surface area contributed by atoms with Gasteiger partial charge in [0.2, 0.25) is 0 Å². The number of ketones is 2. The molecule has 4 aliphatic rings. The van der Waals surface area contributed by atoms with Crippen LogP contribution in [0.5, 0.6) is 0 Å². The van der Waals surface area contributed by atoms with Crippen molar-refractivity contribution in [3.05, 3.63) is 0 Å². The van der Waals surface area contributed by atoms with Crippen molar-refractivity contribution in [1.82, 2.24) is 0 Å². The summed E-state index contributed by atoms with van der Waals surface area (Å²) in [6.45, 7) is 6.36. The lowest BCUT2D eigenvalue weighted by Gasteiger charge is -2.61. The van der Waals surface area contributed by atoms with Crippen LogP contribution in [0.4, 0.5) is 0 Å². The monoisotopic (exact) mass is 332 g/mol. The first kappa shape index (κ1) is 16.8. The lowest BCUT2D eigenvalue weighted by Crippen LogP contribution is -2.59. The molecule has 8 atom stereocenters. The number of hydrogen-bond acceptors (Lipinski definition) is 3. The fourth-order valence-electron chi connectivity index (χ4n) is 7.84. The summed E-state index contributed by atoms with van der Waals surface area (Å²) in [5, 5.41) is 11.2. The van der Waals surface area contributed by atoms with Gasteiger partial charge in [0.25, 0.3) is 0 Å². The van der Waals surface area contributed by atoms with Gasteiger partial charge in [-0.3, -0.25) is 9.59 Å². The molecule has 3 heteroatoms. The van der Waals surface area contributed by atoms with Crippen LogP contribution in [0.1, 0.15) is 72.1 Å². The van der Waals surface area contributed by atoms with E-state index < -0.39 is 0 Å². The highest BCUT2D eigenvalue weighted by Gasteiger charge is 2.63. The van der Waals surface area contributed by atoms with E-state index in [0.717, 1.165) is 44.9 Å². The van der Waals surface area contributed by atoms with Crippen molar-refractivity contribution in [3.63, 3.8) is 0 Å². The van der Waals surface area contributed by atoms with Gasteiger partial charge in [-0.25, -0.2) is 0 Å². The molecule has 0 bridgehead atoms. The fourth-order valence-corrected chi connectivity index (χ4v) is 7.84. The quantitative estimate of drug-likeness (QED) is 0.795. The Hall–Kier alpha value is -0.700. The number of hydrogen-bond donors (Lipinski definition) is 1. The number of aliphatic hydroxyl groups excluding tert-OH is 1. The van der Waals surface area contributed by atoms with Gasteiger partial charge in [0.05, 0.1) is 6.10 Å². The molecule has 0 aromatic rings. The molecule has 0 amide bonds. The molecule has 0 saturated heterocycles. The summed E-state index contributed by atoms with van der Waals surface area (Å²) in [5.41, 5.74) is 0.103. The van der Waals surface area contributed by atoms with Crippen LogP contribution in [0.2, 0.25) is 0 Å². The van der Waals surface area contributed by atoms with Gasteiger partial charge in [-0.2, -0.15) is 0 Å². The Balaban J connectivity index is 1.68. The molecule has 1 N–H and O–H groups in total. The highest BCUT2D eigenvalue weighted by molar-refractivity contribution is 5.80. The van der Waals surface area contributed by atoms with Crippen LogP contribution in [0.3, 0.4) is 0 Å². The van der Waals surface area contributed by atoms with Crippen molar-refractivity contribution in [2.45, 2.75) is 78.2 Å². The Kier molecular flexibility index (Phi) is 3.77. The first-order valence-corrected chi connectivity index (χ1v) is 9.97. The highest BCUT2D eigenvalue weighted by atomic mass is 16.3. The smallest absolute Gasteiger partial charge is 0.133 e. The lowest BCUT2D eigenvalue weighted by molar-refractivity contribution is -0.173. The molecule has 4 saturated carbocycles. The van der Waals surface area contributed by atoms with Crippen LogP contribution in [0, 0.1) is 40.4 Å². The molecule has 4 rings (SSSR count). The maximum atomic E-state index is 12.2. The molecule has 4 aliphatic carbocycles. The van der Waals surface area contributed by atoms with E-state index in [1.165, 1.54) is 0 Å². The van der Waals surface area contributed by atoms with Crippen LogP contribution in [0.15, 0.2) is 0 Å². The topological polar surface area (TPSA) is 54.4 Å². The minimum absolute atomic E-state index is 0.0138. The predicted molar refractivity (Wildman–Crippen MR) is 92.3 cm³/mol. The van der Waals surface area contributed by atoms with Gasteiger partial charge >= 0.3 is 0 Å². The molecule has 0 aliphatic heterocycles. The summed E-state index contributed by atoms with van der Waals surface area (Å²) in [6.07, 6.45) is 7.27. The molecule has 134 valence electrons. The van der Waals surface area contributed by atoms with Crippen LogP contribution >= 0.6 is 0 Å². The summed E-state index contributed by atoms with van der Waals surface area (Å²) >= 11 is 0. The SMILES string of the molecule is CC(=O)[C@@H]1CC[C@H]2[C@@H]3CC[C@H]4CC(=O)CC[C@]4(C)[C@H]3[C@@H](O)C[C@]12C. The first-order chi connectivity index (χ1) is 11.3. The Morgan fingerprint density at radius 3 is 2.58 bits per heavy atom. The average Bonchev–Trinajstić information content (AvgIpc) is 2.84. The second-order valence-electron chi connectivity index (χ2n) is 9.84. The molecular formula is C21H32O3. The number of carbonyl (C=O) groups is 2. The maximum Gasteiger partial charge on any atom is 0.133 e. The van der Waals surface area contributed by atoms with Crippen molar-refractivity contribution in [2.75, 3.05) is 0 Å². The third-order valence-electron chi connectivity index (χ3n) is 8.90. The summed E-state index contributed by atoms with van der Waals surface area (Å²) in [5.74, 6) is 2.78. The minimum atomic E-state index is -0.308. The average molecular weight is 332 g/mol. The van der Waals surface area contributed by atoms with E-state index in [1.54, 1.807) is 6.92 Å². The lowest BCUT2D eigenvalue weighted by atomic mass is 9.44. The number of carbonyl (C=O) groups excluding carboxylic acids is 2. The molecule has 0 spiro atoms. The second kappa shape index (κ2) is 5.40. The molecular weight excluding hydrogens is 300 g/mol. The van der Waals surface area contributed by atoms with Crippen LogP contribution in [-0.4, -0.2) is 22.8 Å². The zero-order valence-electron chi connectivity index (χ0n) is 15.4. The zero-order valence-corrected chi connectivity index (χ0v) is 15.4. The van der Waals surface area contributed by atoms with Crippen LogP contribution < -0.4 is 0 Å². The summed E-state index contributed by atoms with van der Waals surface area (Å²) < 4.78 is 0. The largest absolute Gasteiger partial charge is 0.393 e. The first-order valence-electron chi connectivity index (χ1n) is 9.97. The van der Waals surface area contributed by atoms with E-state index in [1.807, 2.05) is 0 Å². The van der Waals surface area contributed by atoms with Crippen LogP contribution in [-0.2, 0) is 9.59 Å². The van der Waals surface area contributed by atoms with E-state index in [-0.39, 0.29) is 22.9 Å². The van der Waals surface area contributed by atoms with Crippen LogP contribution in [0.25, 0.3) is 0 Å². The second-order valence-corrected chi connectivity index (χ2v) is 9.84. The predicted octanol–water partition coefficient (Wildman–Crippen LogP) is 3.77. The van der Waals surface area contributed by atoms with E-state index in [4.69, 9.17) is 0 Å². The van der Waals surface area contributed by atoms with Crippen molar-refractivity contribution in [2.24, 2.45) is 40.4 Å². The van der Waals surface area contributed by atoms with Gasteiger partial charge in [-0.05, 0) is 80.0 Å². The zero-order chi connectivity index (χ0) is 17.3. The van der Waals surface area contributed by atoms with Gasteiger partial charge in [0.15, 0.2) is 0 Å². The molecule has 24 heavy (non-hydrogen) atoms. The van der Waals surface area contributed by atoms with Gasteiger partial charge in [-0.15, -0.1) is 0 Å². The number of fused-ring (bicyclic) bond motifs is 5. The standard InChI is InChI=1S/C21H32O3/c1-12(22)16-6-7-17-15-5-4-13-10-14(23)8-9-20(13,2)19(15)18(24)11-21(16,17)3/h13,15-19,24H,4-11H2,1-3H3/t13-,15-,16-,17-,18-,19+,20-,21+/m0/s1. The van der Waals surface area contributed by atoms with Crippen molar-refractivity contribution in [1.29, 1.82) is 0 Å². The Labute approximate surface area is 145 Å². The van der Waals surface area contributed by atoms with E-state index >= 15 is 0 Å². The molecule has 0 aromatic heterocycles. The molecule has 0 heterocycles. The van der Waals surface area contributed by atoms with E-state index in [2.05, 4.69) is 13.8 Å². The van der Waals surface area contributed by atoms with Gasteiger partial charge in [0.1, 0.15) is 11.6 Å². The molecule has 0 radical (unpaired) electrons. The summed E-state index contributed by atoms with van der Waals surface area (Å²) in [6, 6.07) is 0. The third kappa shape index (κ3) is 2.12. The summed E-state index contributed by atoms with van der Waals surface area (Å²) in [7, 11) is 0. The van der Waals surface area contributed by atoms with Crippen molar-refractivity contribution in [3.8, 4) is 0 Å². The Morgan fingerprint density at radius 1 is 1.12 bits per heavy atom. The fraction of sp³-hybridized carbons (Fsp3) is 0.905. The minimum Gasteiger partial charge on any atom is -0.393 e. The molecule has 0 unspecified atom stereocenters. The maximum absolute atomic E-state index is 12.2. The van der Waals surface area contributed by atoms with E-state index in [0.29, 0.717) is 41.7 Å². The van der Waals surface area contributed by atoms with Gasteiger partial charge in [0, 0.05) is 18.8 Å². The number of aliphatic hydroxyl groups is 1.